The number of allylic oxidation sites excluding steroid dienone is 1. The molecular formula is C20H25N7S. The van der Waals surface area contributed by atoms with Gasteiger partial charge in [0, 0.05) is 47.3 Å². The maximum atomic E-state index is 7.85. The third-order valence-electron chi connectivity index (χ3n) is 5.15. The van der Waals surface area contributed by atoms with Gasteiger partial charge in [0.25, 0.3) is 0 Å². The summed E-state index contributed by atoms with van der Waals surface area (Å²) in [5, 5.41) is 20.2. The van der Waals surface area contributed by atoms with Gasteiger partial charge in [0.05, 0.1) is 41.5 Å². The highest BCUT2D eigenvalue weighted by Crippen LogP contribution is 2.26. The van der Waals surface area contributed by atoms with Gasteiger partial charge in [-0.2, -0.15) is 22.0 Å². The van der Waals surface area contributed by atoms with Gasteiger partial charge < -0.3 is 10.7 Å². The summed E-state index contributed by atoms with van der Waals surface area (Å²) in [7, 11) is 0. The summed E-state index contributed by atoms with van der Waals surface area (Å²) in [6.07, 6.45) is 12.9. The summed E-state index contributed by atoms with van der Waals surface area (Å²) < 4.78 is 3.85. The molecule has 0 unspecified atom stereocenters. The lowest BCUT2D eigenvalue weighted by molar-refractivity contribution is 0.428. The summed E-state index contributed by atoms with van der Waals surface area (Å²) in [5.41, 5.74) is 4.19. The summed E-state index contributed by atoms with van der Waals surface area (Å²) >= 11 is 1.92. The quantitative estimate of drug-likeness (QED) is 0.569. The molecule has 0 radical (unpaired) electrons. The first kappa shape index (κ1) is 18.7. The van der Waals surface area contributed by atoms with Gasteiger partial charge in [-0.05, 0) is 18.9 Å². The lowest BCUT2D eigenvalue weighted by Crippen LogP contribution is -2.37. The molecular weight excluding hydrogens is 370 g/mol. The van der Waals surface area contributed by atoms with E-state index in [-0.39, 0.29) is 0 Å². The normalized spacial score (nSPS) is 15.2. The van der Waals surface area contributed by atoms with E-state index in [1.54, 1.807) is 6.20 Å². The van der Waals surface area contributed by atoms with Gasteiger partial charge in [-0.15, -0.1) is 0 Å². The first-order chi connectivity index (χ1) is 13.7. The van der Waals surface area contributed by atoms with Gasteiger partial charge in [-0.3, -0.25) is 4.68 Å². The minimum atomic E-state index is 0.388. The largest absolute Gasteiger partial charge is 0.386 e. The van der Waals surface area contributed by atoms with Gasteiger partial charge in [-0.25, -0.2) is 9.50 Å². The molecule has 0 saturated carbocycles. The summed E-state index contributed by atoms with van der Waals surface area (Å²) in [5.74, 6) is 2.21. The van der Waals surface area contributed by atoms with E-state index >= 15 is 0 Å². The number of thioether (sulfide) groups is 1. The molecule has 146 valence electrons. The Balaban J connectivity index is 1.74. The van der Waals surface area contributed by atoms with Crippen molar-refractivity contribution < 1.29 is 0 Å². The fourth-order valence-corrected chi connectivity index (χ4v) is 3.99. The van der Waals surface area contributed by atoms with Crippen molar-refractivity contribution in [3.8, 4) is 11.3 Å². The highest BCUT2D eigenvalue weighted by Gasteiger charge is 2.18. The Kier molecular flexibility index (Phi) is 5.47. The fourth-order valence-electron chi connectivity index (χ4n) is 3.33. The fraction of sp³-hybridized carbons (Fsp3) is 0.400. The standard InChI is InChI=1S/C20H25N7S/c1-3-17(4-2)26-10-15(9-24-26)20-19-5-6-23-27(19)11-18(25-20)14(7-21)8-22-16-12-28-13-16/h5-11,16-17,21-22H,3-4,12-13H2,1-2H3/b14-8+,21-7?. The molecule has 0 atom stereocenters. The van der Waals surface area contributed by atoms with Crippen LogP contribution in [0.15, 0.2) is 37.1 Å². The van der Waals surface area contributed by atoms with Crippen LogP contribution in [0.25, 0.3) is 22.3 Å². The van der Waals surface area contributed by atoms with Crippen molar-refractivity contribution in [3.05, 3.63) is 42.7 Å². The Bertz CT molecular complexity index is 995. The van der Waals surface area contributed by atoms with Crippen molar-refractivity contribution >= 4 is 29.1 Å². The van der Waals surface area contributed by atoms with Crippen molar-refractivity contribution in [1.29, 1.82) is 5.41 Å². The third-order valence-corrected chi connectivity index (χ3v) is 6.42. The average Bonchev–Trinajstić information content (AvgIpc) is 3.33. The van der Waals surface area contributed by atoms with Gasteiger partial charge in [-0.1, -0.05) is 13.8 Å². The molecule has 1 fully saturated rings. The lowest BCUT2D eigenvalue weighted by atomic mass is 10.1. The maximum absolute atomic E-state index is 7.85. The number of hydrogen-bond donors (Lipinski definition) is 2. The Morgan fingerprint density at radius 3 is 2.82 bits per heavy atom. The molecule has 4 heterocycles. The first-order valence-corrected chi connectivity index (χ1v) is 10.8. The van der Waals surface area contributed by atoms with Crippen molar-refractivity contribution in [2.45, 2.75) is 38.8 Å². The predicted molar refractivity (Wildman–Crippen MR) is 115 cm³/mol. The van der Waals surface area contributed by atoms with Gasteiger partial charge in [0.2, 0.25) is 0 Å². The molecule has 28 heavy (non-hydrogen) atoms. The number of rotatable bonds is 8. The van der Waals surface area contributed by atoms with Crippen LogP contribution in [0.5, 0.6) is 0 Å². The van der Waals surface area contributed by atoms with Crippen LogP contribution in [-0.2, 0) is 0 Å². The second kappa shape index (κ2) is 8.18. The predicted octanol–water partition coefficient (Wildman–Crippen LogP) is 3.65. The van der Waals surface area contributed by atoms with Crippen LogP contribution in [0.1, 0.15) is 38.4 Å². The Hall–Kier alpha value is -2.61. The van der Waals surface area contributed by atoms with E-state index < -0.39 is 0 Å². The Morgan fingerprint density at radius 2 is 2.14 bits per heavy atom. The molecule has 1 aliphatic heterocycles. The molecule has 0 bridgehead atoms. The van der Waals surface area contributed by atoms with E-state index in [9.17, 15) is 0 Å². The molecule has 7 nitrogen and oxygen atoms in total. The summed E-state index contributed by atoms with van der Waals surface area (Å²) in [6.45, 7) is 4.36. The number of nitrogens with zero attached hydrogens (tertiary/aromatic N) is 5. The summed E-state index contributed by atoms with van der Waals surface area (Å²) in [6, 6.07) is 2.82. The molecule has 0 aliphatic carbocycles. The van der Waals surface area contributed by atoms with E-state index in [1.807, 2.05) is 45.6 Å². The summed E-state index contributed by atoms with van der Waals surface area (Å²) in [4.78, 5) is 4.88. The molecule has 1 saturated heterocycles. The van der Waals surface area contributed by atoms with Crippen molar-refractivity contribution in [2.24, 2.45) is 0 Å². The third kappa shape index (κ3) is 3.56. The van der Waals surface area contributed by atoms with E-state index in [0.29, 0.717) is 12.1 Å². The second-order valence-electron chi connectivity index (χ2n) is 6.96. The van der Waals surface area contributed by atoms with E-state index in [2.05, 4.69) is 35.6 Å². The van der Waals surface area contributed by atoms with Crippen LogP contribution in [0.2, 0.25) is 0 Å². The van der Waals surface area contributed by atoms with Crippen LogP contribution >= 0.6 is 11.8 Å². The highest BCUT2D eigenvalue weighted by atomic mass is 32.2. The molecule has 0 spiro atoms. The van der Waals surface area contributed by atoms with Crippen LogP contribution in [0, 0.1) is 5.41 Å². The van der Waals surface area contributed by atoms with Crippen LogP contribution in [0.3, 0.4) is 0 Å². The highest BCUT2D eigenvalue weighted by molar-refractivity contribution is 8.00. The molecule has 3 aromatic rings. The zero-order chi connectivity index (χ0) is 19.5. The molecule has 8 heteroatoms. The van der Waals surface area contributed by atoms with E-state index in [4.69, 9.17) is 10.4 Å². The number of fused-ring (bicyclic) bond motifs is 1. The van der Waals surface area contributed by atoms with Gasteiger partial charge in [0.1, 0.15) is 0 Å². The second-order valence-corrected chi connectivity index (χ2v) is 8.04. The molecule has 0 amide bonds. The van der Waals surface area contributed by atoms with Crippen molar-refractivity contribution in [3.63, 3.8) is 0 Å². The smallest absolute Gasteiger partial charge is 0.0999 e. The lowest BCUT2D eigenvalue weighted by Gasteiger charge is -2.25. The Labute approximate surface area is 168 Å². The molecule has 0 aromatic carbocycles. The number of hydrogen-bond acceptors (Lipinski definition) is 6. The number of nitrogens with one attached hydrogen (secondary N) is 2. The van der Waals surface area contributed by atoms with Crippen LogP contribution in [-0.4, -0.2) is 48.1 Å². The van der Waals surface area contributed by atoms with E-state index in [0.717, 1.165) is 52.4 Å². The average molecular weight is 396 g/mol. The van der Waals surface area contributed by atoms with Crippen LogP contribution < -0.4 is 5.32 Å². The van der Waals surface area contributed by atoms with Crippen LogP contribution in [0.4, 0.5) is 0 Å². The van der Waals surface area contributed by atoms with E-state index in [1.165, 1.54) is 6.21 Å². The molecule has 3 aromatic heterocycles. The van der Waals surface area contributed by atoms with Gasteiger partial charge in [0.15, 0.2) is 0 Å². The molecule has 1 aliphatic rings. The number of aromatic nitrogens is 5. The molecule has 4 rings (SSSR count). The first-order valence-electron chi connectivity index (χ1n) is 9.67. The Morgan fingerprint density at radius 1 is 1.32 bits per heavy atom. The molecule has 2 N–H and O–H groups in total. The SMILES string of the molecule is CCC(CC)n1cc(-c2nc(/C(C=N)=C/NC3CSC3)cn3nccc23)cn1. The minimum Gasteiger partial charge on any atom is -0.386 e. The zero-order valence-electron chi connectivity index (χ0n) is 16.2. The minimum absolute atomic E-state index is 0.388. The van der Waals surface area contributed by atoms with Crippen molar-refractivity contribution in [2.75, 3.05) is 11.5 Å². The zero-order valence-corrected chi connectivity index (χ0v) is 17.0. The topological polar surface area (TPSA) is 83.9 Å². The monoisotopic (exact) mass is 395 g/mol. The maximum Gasteiger partial charge on any atom is 0.0999 e. The van der Waals surface area contributed by atoms with Gasteiger partial charge >= 0.3 is 0 Å². The van der Waals surface area contributed by atoms with Crippen molar-refractivity contribution in [1.82, 2.24) is 29.7 Å².